The summed E-state index contributed by atoms with van der Waals surface area (Å²) in [6.07, 6.45) is 1.52. The van der Waals surface area contributed by atoms with E-state index in [1.165, 1.54) is 0 Å². The van der Waals surface area contributed by atoms with Gasteiger partial charge in [-0.05, 0) is 31.5 Å². The minimum atomic E-state index is -0.0987. The van der Waals surface area contributed by atoms with Gasteiger partial charge in [0, 0.05) is 25.6 Å². The van der Waals surface area contributed by atoms with Gasteiger partial charge >= 0.3 is 0 Å². The molecule has 2 saturated heterocycles. The first-order chi connectivity index (χ1) is 12.6. The summed E-state index contributed by atoms with van der Waals surface area (Å²) in [5.74, 6) is -0.0106. The van der Waals surface area contributed by atoms with Gasteiger partial charge in [0.15, 0.2) is 0 Å². The van der Waals surface area contributed by atoms with Crippen molar-refractivity contribution in [2.24, 2.45) is 5.92 Å². The lowest BCUT2D eigenvalue weighted by molar-refractivity contribution is -0.139. The molecule has 3 rings (SSSR count). The molecule has 0 spiro atoms. The lowest BCUT2D eigenvalue weighted by Crippen LogP contribution is -2.53. The zero-order chi connectivity index (χ0) is 18.4. The molecule has 3 amide bonds. The van der Waals surface area contributed by atoms with Crippen molar-refractivity contribution in [2.75, 3.05) is 39.3 Å². The van der Waals surface area contributed by atoms with Crippen LogP contribution in [0.4, 0.5) is 0 Å². The Morgan fingerprint density at radius 3 is 2.54 bits per heavy atom. The monoisotopic (exact) mass is 358 g/mol. The van der Waals surface area contributed by atoms with Gasteiger partial charge in [0.2, 0.25) is 17.7 Å². The van der Waals surface area contributed by atoms with Crippen LogP contribution < -0.4 is 10.6 Å². The van der Waals surface area contributed by atoms with Crippen LogP contribution in [0, 0.1) is 5.92 Å². The number of carbonyl (C=O) groups is 3. The molecule has 26 heavy (non-hydrogen) atoms. The molecule has 0 unspecified atom stereocenters. The van der Waals surface area contributed by atoms with Crippen LogP contribution in [0.1, 0.15) is 18.4 Å². The van der Waals surface area contributed by atoms with Crippen LogP contribution in [0.2, 0.25) is 0 Å². The van der Waals surface area contributed by atoms with E-state index in [1.807, 2.05) is 30.3 Å². The molecule has 0 saturated carbocycles. The van der Waals surface area contributed by atoms with Gasteiger partial charge in [-0.25, -0.2) is 0 Å². The number of hydrogen-bond donors (Lipinski definition) is 2. The van der Waals surface area contributed by atoms with E-state index in [-0.39, 0.29) is 30.2 Å². The molecule has 2 fully saturated rings. The maximum absolute atomic E-state index is 12.3. The Morgan fingerprint density at radius 1 is 1.12 bits per heavy atom. The normalized spacial score (nSPS) is 19.1. The standard InChI is InChI=1S/C19H26N4O3/c24-17-13-23(11-8-20-17)18(25)14-22-9-6-16(7-10-22)19(26)21-12-15-4-2-1-3-5-15/h1-5,16H,6-14H2,(H,20,24)(H,21,26). The summed E-state index contributed by atoms with van der Waals surface area (Å²) in [6.45, 7) is 3.58. The Kier molecular flexibility index (Phi) is 6.22. The second-order valence-electron chi connectivity index (χ2n) is 6.92. The van der Waals surface area contributed by atoms with Gasteiger partial charge in [-0.2, -0.15) is 0 Å². The predicted molar refractivity (Wildman–Crippen MR) is 97.0 cm³/mol. The van der Waals surface area contributed by atoms with Gasteiger partial charge in [0.05, 0.1) is 13.1 Å². The summed E-state index contributed by atoms with van der Waals surface area (Å²) < 4.78 is 0. The van der Waals surface area contributed by atoms with Crippen molar-refractivity contribution in [3.63, 3.8) is 0 Å². The number of hydrogen-bond acceptors (Lipinski definition) is 4. The molecule has 0 bridgehead atoms. The van der Waals surface area contributed by atoms with Gasteiger partial charge in [-0.3, -0.25) is 19.3 Å². The van der Waals surface area contributed by atoms with E-state index in [2.05, 4.69) is 15.5 Å². The summed E-state index contributed by atoms with van der Waals surface area (Å²) >= 11 is 0. The van der Waals surface area contributed by atoms with Crippen molar-refractivity contribution >= 4 is 17.7 Å². The number of nitrogens with zero attached hydrogens (tertiary/aromatic N) is 2. The summed E-state index contributed by atoms with van der Waals surface area (Å²) in [5, 5.41) is 5.73. The molecule has 0 aromatic heterocycles. The first kappa shape index (κ1) is 18.4. The fourth-order valence-electron chi connectivity index (χ4n) is 3.43. The molecule has 7 heteroatoms. The first-order valence-electron chi connectivity index (χ1n) is 9.20. The highest BCUT2D eigenvalue weighted by molar-refractivity contribution is 5.86. The third-order valence-corrected chi connectivity index (χ3v) is 5.02. The molecule has 2 N–H and O–H groups in total. The molecule has 0 atom stereocenters. The molecular weight excluding hydrogens is 332 g/mol. The van der Waals surface area contributed by atoms with E-state index in [9.17, 15) is 14.4 Å². The topological polar surface area (TPSA) is 81.8 Å². The number of rotatable bonds is 5. The van der Waals surface area contributed by atoms with Gasteiger partial charge in [-0.15, -0.1) is 0 Å². The quantitative estimate of drug-likeness (QED) is 0.775. The molecule has 2 heterocycles. The number of carbonyl (C=O) groups excluding carboxylic acids is 3. The van der Waals surface area contributed by atoms with Crippen molar-refractivity contribution in [2.45, 2.75) is 19.4 Å². The van der Waals surface area contributed by atoms with Crippen molar-refractivity contribution in [3.05, 3.63) is 35.9 Å². The van der Waals surface area contributed by atoms with Crippen LogP contribution in [0.3, 0.4) is 0 Å². The Labute approximate surface area is 153 Å². The highest BCUT2D eigenvalue weighted by atomic mass is 16.2. The van der Waals surface area contributed by atoms with E-state index >= 15 is 0 Å². The van der Waals surface area contributed by atoms with Crippen LogP contribution in [0.15, 0.2) is 30.3 Å². The number of piperidine rings is 1. The van der Waals surface area contributed by atoms with E-state index in [1.54, 1.807) is 4.90 Å². The van der Waals surface area contributed by atoms with E-state index in [4.69, 9.17) is 0 Å². The number of nitrogens with one attached hydrogen (secondary N) is 2. The number of benzene rings is 1. The Hall–Kier alpha value is -2.41. The molecule has 140 valence electrons. The van der Waals surface area contributed by atoms with Gasteiger partial charge in [0.25, 0.3) is 0 Å². The maximum atomic E-state index is 12.3. The highest BCUT2D eigenvalue weighted by Gasteiger charge is 2.28. The summed E-state index contributed by atoms with van der Waals surface area (Å²) in [5.41, 5.74) is 1.09. The van der Waals surface area contributed by atoms with Crippen LogP contribution in [-0.2, 0) is 20.9 Å². The van der Waals surface area contributed by atoms with Crippen molar-refractivity contribution < 1.29 is 14.4 Å². The third kappa shape index (κ3) is 5.05. The van der Waals surface area contributed by atoms with Gasteiger partial charge in [0.1, 0.15) is 0 Å². The molecule has 1 aromatic carbocycles. The fraction of sp³-hybridized carbons (Fsp3) is 0.526. The average Bonchev–Trinajstić information content (AvgIpc) is 2.67. The minimum absolute atomic E-state index is 0.00540. The summed E-state index contributed by atoms with van der Waals surface area (Å²) in [7, 11) is 0. The Morgan fingerprint density at radius 2 is 1.85 bits per heavy atom. The van der Waals surface area contributed by atoms with Crippen LogP contribution >= 0.6 is 0 Å². The lowest BCUT2D eigenvalue weighted by Gasteiger charge is -2.33. The van der Waals surface area contributed by atoms with Crippen LogP contribution in [-0.4, -0.2) is 66.8 Å². The molecular formula is C19H26N4O3. The maximum Gasteiger partial charge on any atom is 0.239 e. The van der Waals surface area contributed by atoms with Crippen LogP contribution in [0.25, 0.3) is 0 Å². The molecule has 0 radical (unpaired) electrons. The van der Waals surface area contributed by atoms with Crippen molar-refractivity contribution in [3.8, 4) is 0 Å². The van der Waals surface area contributed by atoms with E-state index in [0.29, 0.717) is 26.2 Å². The zero-order valence-corrected chi connectivity index (χ0v) is 14.9. The van der Waals surface area contributed by atoms with E-state index < -0.39 is 0 Å². The Bertz CT molecular complexity index is 641. The predicted octanol–water partition coefficient (Wildman–Crippen LogP) is -0.0268. The molecule has 2 aliphatic rings. The van der Waals surface area contributed by atoms with Crippen LogP contribution in [0.5, 0.6) is 0 Å². The first-order valence-corrected chi connectivity index (χ1v) is 9.20. The van der Waals surface area contributed by atoms with Crippen molar-refractivity contribution in [1.82, 2.24) is 20.4 Å². The molecule has 0 aliphatic carbocycles. The Balaban J connectivity index is 1.38. The fourth-order valence-corrected chi connectivity index (χ4v) is 3.43. The SMILES string of the molecule is O=C1CN(C(=O)CN2CCC(C(=O)NCc3ccccc3)CC2)CCN1. The summed E-state index contributed by atoms with van der Waals surface area (Å²) in [4.78, 5) is 39.7. The molecule has 7 nitrogen and oxygen atoms in total. The summed E-state index contributed by atoms with van der Waals surface area (Å²) in [6, 6.07) is 9.87. The molecule has 2 aliphatic heterocycles. The highest BCUT2D eigenvalue weighted by Crippen LogP contribution is 2.17. The number of piperazine rings is 1. The smallest absolute Gasteiger partial charge is 0.239 e. The second kappa shape index (κ2) is 8.80. The average molecular weight is 358 g/mol. The molecule has 1 aromatic rings. The number of amides is 3. The lowest BCUT2D eigenvalue weighted by atomic mass is 9.95. The van der Waals surface area contributed by atoms with Crippen molar-refractivity contribution in [1.29, 1.82) is 0 Å². The van der Waals surface area contributed by atoms with Gasteiger partial charge < -0.3 is 15.5 Å². The van der Waals surface area contributed by atoms with E-state index in [0.717, 1.165) is 31.5 Å². The largest absolute Gasteiger partial charge is 0.353 e. The third-order valence-electron chi connectivity index (χ3n) is 5.02. The zero-order valence-electron chi connectivity index (χ0n) is 14.9. The number of likely N-dealkylation sites (tertiary alicyclic amines) is 1. The second-order valence-corrected chi connectivity index (χ2v) is 6.92. The van der Waals surface area contributed by atoms with Gasteiger partial charge in [-0.1, -0.05) is 30.3 Å². The minimum Gasteiger partial charge on any atom is -0.353 e.